The minimum absolute atomic E-state index is 1.05. The van der Waals surface area contributed by atoms with E-state index in [4.69, 9.17) is 0 Å². The zero-order valence-corrected chi connectivity index (χ0v) is 10.2. The molecule has 3 nitrogen and oxygen atoms in total. The number of aromatic nitrogens is 2. The number of rotatable bonds is 7. The second kappa shape index (κ2) is 6.62. The van der Waals surface area contributed by atoms with Gasteiger partial charge in [0, 0.05) is 12.2 Å². The first kappa shape index (κ1) is 12.2. The van der Waals surface area contributed by atoms with Crippen molar-refractivity contribution in [3.8, 4) is 0 Å². The van der Waals surface area contributed by atoms with E-state index in [1.807, 2.05) is 6.92 Å². The van der Waals surface area contributed by atoms with Crippen LogP contribution in [0.3, 0.4) is 0 Å². The van der Waals surface area contributed by atoms with Gasteiger partial charge in [0.15, 0.2) is 0 Å². The van der Waals surface area contributed by atoms with Crippen LogP contribution in [0.25, 0.3) is 0 Å². The Balaban J connectivity index is 2.12. The number of hydrogen-bond donors (Lipinski definition) is 1. The van der Waals surface area contributed by atoms with Gasteiger partial charge in [-0.2, -0.15) is 5.10 Å². The quantitative estimate of drug-likeness (QED) is 0.698. The lowest BCUT2D eigenvalue weighted by Gasteiger charge is -2.05. The Morgan fingerprint density at radius 1 is 1.27 bits per heavy atom. The molecule has 0 radical (unpaired) electrons. The molecule has 1 N–H and O–H groups in total. The fourth-order valence-corrected chi connectivity index (χ4v) is 1.71. The monoisotopic (exact) mass is 209 g/mol. The van der Waals surface area contributed by atoms with E-state index in [9.17, 15) is 0 Å². The summed E-state index contributed by atoms with van der Waals surface area (Å²) in [7, 11) is 0. The van der Waals surface area contributed by atoms with E-state index in [0.717, 1.165) is 25.3 Å². The van der Waals surface area contributed by atoms with Crippen LogP contribution in [0.1, 0.15) is 37.6 Å². The SMILES string of the molecule is CCCNCCCCn1nc(C)cc1C. The van der Waals surface area contributed by atoms with E-state index >= 15 is 0 Å². The van der Waals surface area contributed by atoms with Gasteiger partial charge in [0.05, 0.1) is 5.69 Å². The summed E-state index contributed by atoms with van der Waals surface area (Å²) in [4.78, 5) is 0. The van der Waals surface area contributed by atoms with Gasteiger partial charge in [-0.15, -0.1) is 0 Å². The lowest BCUT2D eigenvalue weighted by atomic mass is 10.3. The summed E-state index contributed by atoms with van der Waals surface area (Å²) in [6.07, 6.45) is 3.66. The molecule has 0 atom stereocenters. The Kier molecular flexibility index (Phi) is 5.40. The summed E-state index contributed by atoms with van der Waals surface area (Å²) in [5, 5.41) is 7.85. The number of unbranched alkanes of at least 4 members (excludes halogenated alkanes) is 1. The molecule has 0 saturated heterocycles. The number of hydrogen-bond acceptors (Lipinski definition) is 2. The highest BCUT2D eigenvalue weighted by Gasteiger charge is 1.99. The lowest BCUT2D eigenvalue weighted by Crippen LogP contribution is -2.16. The second-order valence-corrected chi connectivity index (χ2v) is 4.11. The Morgan fingerprint density at radius 2 is 2.07 bits per heavy atom. The maximum Gasteiger partial charge on any atom is 0.0596 e. The molecular weight excluding hydrogens is 186 g/mol. The Hall–Kier alpha value is -0.830. The third-order valence-electron chi connectivity index (χ3n) is 2.50. The van der Waals surface area contributed by atoms with Crippen molar-refractivity contribution >= 4 is 0 Å². The number of nitrogens with zero attached hydrogens (tertiary/aromatic N) is 2. The minimum atomic E-state index is 1.05. The molecule has 1 aromatic rings. The lowest BCUT2D eigenvalue weighted by molar-refractivity contribution is 0.524. The van der Waals surface area contributed by atoms with Gasteiger partial charge >= 0.3 is 0 Å². The van der Waals surface area contributed by atoms with Crippen LogP contribution in [0.5, 0.6) is 0 Å². The summed E-state index contributed by atoms with van der Waals surface area (Å²) >= 11 is 0. The first-order chi connectivity index (χ1) is 7.24. The molecule has 0 spiro atoms. The predicted molar refractivity (Wildman–Crippen MR) is 64.1 cm³/mol. The molecule has 0 bridgehead atoms. The standard InChI is InChI=1S/C12H23N3/c1-4-7-13-8-5-6-9-15-12(3)10-11(2)14-15/h10,13H,4-9H2,1-3H3. The normalized spacial score (nSPS) is 10.9. The maximum absolute atomic E-state index is 4.44. The third-order valence-corrected chi connectivity index (χ3v) is 2.50. The van der Waals surface area contributed by atoms with Crippen LogP contribution in [-0.2, 0) is 6.54 Å². The van der Waals surface area contributed by atoms with E-state index in [0.29, 0.717) is 0 Å². The van der Waals surface area contributed by atoms with Crippen molar-refractivity contribution < 1.29 is 0 Å². The van der Waals surface area contributed by atoms with E-state index in [2.05, 4.69) is 35.0 Å². The number of aryl methyl sites for hydroxylation is 3. The summed E-state index contributed by atoms with van der Waals surface area (Å²) in [5.41, 5.74) is 2.39. The Bertz CT molecular complexity index is 278. The van der Waals surface area contributed by atoms with E-state index in [-0.39, 0.29) is 0 Å². The molecule has 3 heteroatoms. The fourth-order valence-electron chi connectivity index (χ4n) is 1.71. The highest BCUT2D eigenvalue weighted by Crippen LogP contribution is 2.03. The van der Waals surface area contributed by atoms with Crippen LogP contribution < -0.4 is 5.32 Å². The highest BCUT2D eigenvalue weighted by molar-refractivity contribution is 5.06. The van der Waals surface area contributed by atoms with Crippen molar-refractivity contribution in [3.63, 3.8) is 0 Å². The van der Waals surface area contributed by atoms with Gasteiger partial charge in [-0.25, -0.2) is 0 Å². The smallest absolute Gasteiger partial charge is 0.0596 e. The van der Waals surface area contributed by atoms with E-state index < -0.39 is 0 Å². The maximum atomic E-state index is 4.44. The zero-order chi connectivity index (χ0) is 11.1. The van der Waals surface area contributed by atoms with Gasteiger partial charge in [0.25, 0.3) is 0 Å². The van der Waals surface area contributed by atoms with Crippen molar-refractivity contribution in [2.75, 3.05) is 13.1 Å². The summed E-state index contributed by atoms with van der Waals surface area (Å²) < 4.78 is 2.11. The van der Waals surface area contributed by atoms with Gasteiger partial charge in [0.1, 0.15) is 0 Å². The van der Waals surface area contributed by atoms with Crippen molar-refractivity contribution in [1.82, 2.24) is 15.1 Å². The predicted octanol–water partition coefficient (Wildman–Crippen LogP) is 2.28. The van der Waals surface area contributed by atoms with Gasteiger partial charge in [-0.05, 0) is 52.3 Å². The molecule has 0 aliphatic heterocycles. The second-order valence-electron chi connectivity index (χ2n) is 4.11. The molecule has 1 rings (SSSR count). The molecular formula is C12H23N3. The van der Waals surface area contributed by atoms with Gasteiger partial charge in [-0.1, -0.05) is 6.92 Å². The van der Waals surface area contributed by atoms with Crippen molar-refractivity contribution in [2.24, 2.45) is 0 Å². The van der Waals surface area contributed by atoms with E-state index in [1.165, 1.54) is 25.0 Å². The largest absolute Gasteiger partial charge is 0.317 e. The molecule has 1 heterocycles. The molecule has 0 fully saturated rings. The van der Waals surface area contributed by atoms with Gasteiger partial charge in [0.2, 0.25) is 0 Å². The Labute approximate surface area is 92.9 Å². The van der Waals surface area contributed by atoms with Gasteiger partial charge < -0.3 is 5.32 Å². The van der Waals surface area contributed by atoms with E-state index in [1.54, 1.807) is 0 Å². The topological polar surface area (TPSA) is 29.9 Å². The number of nitrogens with one attached hydrogen (secondary N) is 1. The molecule has 0 aromatic carbocycles. The van der Waals surface area contributed by atoms with Crippen molar-refractivity contribution in [2.45, 2.75) is 46.6 Å². The molecule has 0 aliphatic rings. The molecule has 0 amide bonds. The summed E-state index contributed by atoms with van der Waals surface area (Å²) in [6, 6.07) is 2.13. The molecule has 0 unspecified atom stereocenters. The van der Waals surface area contributed by atoms with Crippen LogP contribution in [0.4, 0.5) is 0 Å². The first-order valence-electron chi connectivity index (χ1n) is 5.96. The Morgan fingerprint density at radius 3 is 2.67 bits per heavy atom. The van der Waals surface area contributed by atoms with Crippen LogP contribution in [0.2, 0.25) is 0 Å². The summed E-state index contributed by atoms with van der Waals surface area (Å²) in [5.74, 6) is 0. The molecule has 1 aromatic heterocycles. The third kappa shape index (κ3) is 4.47. The fraction of sp³-hybridized carbons (Fsp3) is 0.750. The molecule has 86 valence electrons. The van der Waals surface area contributed by atoms with Gasteiger partial charge in [-0.3, -0.25) is 4.68 Å². The van der Waals surface area contributed by atoms with Crippen LogP contribution in [0.15, 0.2) is 6.07 Å². The highest BCUT2D eigenvalue weighted by atomic mass is 15.3. The van der Waals surface area contributed by atoms with Crippen molar-refractivity contribution in [3.05, 3.63) is 17.5 Å². The zero-order valence-electron chi connectivity index (χ0n) is 10.2. The molecule has 15 heavy (non-hydrogen) atoms. The average molecular weight is 209 g/mol. The van der Waals surface area contributed by atoms with Crippen molar-refractivity contribution in [1.29, 1.82) is 0 Å². The van der Waals surface area contributed by atoms with Crippen LogP contribution in [-0.4, -0.2) is 22.9 Å². The summed E-state index contributed by atoms with van der Waals surface area (Å²) in [6.45, 7) is 9.69. The average Bonchev–Trinajstić information content (AvgIpc) is 2.51. The molecule has 0 aliphatic carbocycles. The first-order valence-corrected chi connectivity index (χ1v) is 5.96. The van der Waals surface area contributed by atoms with Crippen LogP contribution >= 0.6 is 0 Å². The minimum Gasteiger partial charge on any atom is -0.317 e. The van der Waals surface area contributed by atoms with Crippen LogP contribution in [0, 0.1) is 13.8 Å². The molecule has 0 saturated carbocycles.